The Morgan fingerprint density at radius 2 is 1.94 bits per heavy atom. The van der Waals surface area contributed by atoms with E-state index < -0.39 is 41.3 Å². The van der Waals surface area contributed by atoms with Crippen molar-refractivity contribution >= 4 is 47.1 Å². The fourth-order valence-electron chi connectivity index (χ4n) is 3.31. The molecule has 1 saturated heterocycles. The summed E-state index contributed by atoms with van der Waals surface area (Å²) in [4.78, 5) is 48.8. The fourth-order valence-corrected chi connectivity index (χ4v) is 4.82. The van der Waals surface area contributed by atoms with Crippen LogP contribution >= 0.6 is 23.4 Å². The monoisotopic (exact) mass is 468 g/mol. The normalized spacial score (nSPS) is 21.1. The van der Waals surface area contributed by atoms with E-state index in [4.69, 9.17) is 16.3 Å². The van der Waals surface area contributed by atoms with Crippen molar-refractivity contribution in [3.8, 4) is 0 Å². The van der Waals surface area contributed by atoms with Gasteiger partial charge in [-0.2, -0.15) is 0 Å². The van der Waals surface area contributed by atoms with Crippen molar-refractivity contribution < 1.29 is 34.1 Å². The van der Waals surface area contributed by atoms with Gasteiger partial charge in [-0.15, -0.1) is 23.4 Å². The van der Waals surface area contributed by atoms with Crippen LogP contribution in [0.25, 0.3) is 0 Å². The van der Waals surface area contributed by atoms with Crippen LogP contribution in [-0.2, 0) is 36.2 Å². The number of fused-ring (bicyclic) bond motifs is 1. The Morgan fingerprint density at radius 1 is 1.29 bits per heavy atom. The lowest BCUT2D eigenvalue weighted by molar-refractivity contribution is -0.152. The van der Waals surface area contributed by atoms with Gasteiger partial charge in [0.1, 0.15) is 29.8 Å². The molecule has 9 nitrogen and oxygen atoms in total. The predicted molar refractivity (Wildman–Crippen MR) is 112 cm³/mol. The number of rotatable bonds is 8. The second-order valence-electron chi connectivity index (χ2n) is 7.10. The van der Waals surface area contributed by atoms with Crippen LogP contribution in [0.5, 0.6) is 0 Å². The average Bonchev–Trinajstić information content (AvgIpc) is 2.75. The number of nitrogens with one attached hydrogen (secondary N) is 1. The zero-order valence-electron chi connectivity index (χ0n) is 16.5. The van der Waals surface area contributed by atoms with Crippen molar-refractivity contribution in [3.63, 3.8) is 0 Å². The number of ether oxygens (including phenoxy) is 1. The largest absolute Gasteiger partial charge is 0.477 e. The van der Waals surface area contributed by atoms with Crippen LogP contribution < -0.4 is 5.32 Å². The van der Waals surface area contributed by atoms with E-state index in [2.05, 4.69) is 5.32 Å². The van der Waals surface area contributed by atoms with E-state index in [1.165, 1.54) is 18.7 Å². The quantitative estimate of drug-likeness (QED) is 0.287. The smallest absolute Gasteiger partial charge is 0.352 e. The minimum absolute atomic E-state index is 0.0592. The molecule has 3 atom stereocenters. The molecular weight excluding hydrogens is 448 g/mol. The number of amides is 2. The van der Waals surface area contributed by atoms with Gasteiger partial charge in [-0.25, -0.2) is 4.79 Å². The van der Waals surface area contributed by atoms with Crippen molar-refractivity contribution in [1.82, 2.24) is 10.2 Å². The average molecular weight is 469 g/mol. The maximum atomic E-state index is 12.6. The fraction of sp³-hybridized carbons (Fsp3) is 0.400. The van der Waals surface area contributed by atoms with Gasteiger partial charge in [-0.3, -0.25) is 19.3 Å². The highest BCUT2D eigenvalue weighted by Gasteiger charge is 2.54. The van der Waals surface area contributed by atoms with E-state index in [-0.39, 0.29) is 24.5 Å². The molecule has 0 radical (unpaired) electrons. The van der Waals surface area contributed by atoms with Gasteiger partial charge in [0, 0.05) is 30.6 Å². The summed E-state index contributed by atoms with van der Waals surface area (Å²) in [6.07, 6.45) is -1.31. The number of hydrogen-bond donors (Lipinski definition) is 3. The van der Waals surface area contributed by atoms with Gasteiger partial charge in [-0.05, 0) is 11.1 Å². The Balaban J connectivity index is 1.64. The first-order valence-electron chi connectivity index (χ1n) is 9.38. The third-order valence-corrected chi connectivity index (χ3v) is 6.55. The number of aliphatic hydroxyl groups is 1. The summed E-state index contributed by atoms with van der Waals surface area (Å²) in [6, 6.07) is 6.17. The minimum Gasteiger partial charge on any atom is -0.477 e. The lowest BCUT2D eigenvalue weighted by Gasteiger charge is -2.49. The molecule has 11 heteroatoms. The van der Waals surface area contributed by atoms with Gasteiger partial charge in [-0.1, -0.05) is 24.3 Å². The number of thioether (sulfide) groups is 1. The third-order valence-electron chi connectivity index (χ3n) is 4.91. The molecule has 0 saturated carbocycles. The molecule has 1 aromatic rings. The van der Waals surface area contributed by atoms with Crippen molar-refractivity contribution in [2.75, 3.05) is 12.4 Å². The number of carboxylic acid groups (broad SMARTS) is 1. The molecule has 1 aromatic carbocycles. The Hall–Kier alpha value is -2.56. The van der Waals surface area contributed by atoms with E-state index in [9.17, 15) is 29.4 Å². The summed E-state index contributed by atoms with van der Waals surface area (Å²) >= 11 is 6.99. The first kappa shape index (κ1) is 23.1. The van der Waals surface area contributed by atoms with Crippen molar-refractivity contribution in [3.05, 3.63) is 46.7 Å². The molecule has 2 amide bonds. The number of carbonyl (C=O) groups excluding carboxylic acids is 3. The number of halogens is 1. The van der Waals surface area contributed by atoms with Crippen LogP contribution in [-0.4, -0.2) is 68.7 Å². The first-order valence-corrected chi connectivity index (χ1v) is 11.0. The number of carbonyl (C=O) groups is 4. The van der Waals surface area contributed by atoms with Crippen LogP contribution in [0.4, 0.5) is 0 Å². The lowest BCUT2D eigenvalue weighted by atomic mass is 10.0. The lowest BCUT2D eigenvalue weighted by Crippen LogP contribution is -2.71. The van der Waals surface area contributed by atoms with Gasteiger partial charge in [0.2, 0.25) is 5.91 Å². The van der Waals surface area contributed by atoms with Crippen LogP contribution in [0.3, 0.4) is 0 Å². The van der Waals surface area contributed by atoms with Gasteiger partial charge in [0.05, 0.1) is 0 Å². The highest BCUT2D eigenvalue weighted by molar-refractivity contribution is 8.00. The molecule has 0 aromatic heterocycles. The third kappa shape index (κ3) is 5.03. The summed E-state index contributed by atoms with van der Waals surface area (Å²) in [5.74, 6) is -2.60. The summed E-state index contributed by atoms with van der Waals surface area (Å²) in [7, 11) is 0. The van der Waals surface area contributed by atoms with Crippen LogP contribution in [0.1, 0.15) is 18.1 Å². The molecule has 31 heavy (non-hydrogen) atoms. The molecule has 3 unspecified atom stereocenters. The summed E-state index contributed by atoms with van der Waals surface area (Å²) < 4.78 is 4.88. The summed E-state index contributed by atoms with van der Waals surface area (Å²) in [6.45, 7) is 0.983. The number of alkyl halides is 1. The standard InChI is InChI=1S/C20H21ClN2O7S/c1-10(24)30-8-13-9-31-19-15(18(27)23(19)16(13)20(28)29)22-17(26)14(25)6-11-2-4-12(7-21)5-3-11/h2-5,14-15,19,25H,6-9H2,1H3,(H,22,26)(H,28,29). The predicted octanol–water partition coefficient (Wildman–Crippen LogP) is 0.631. The van der Waals surface area contributed by atoms with Gasteiger partial charge < -0.3 is 20.3 Å². The maximum Gasteiger partial charge on any atom is 0.352 e. The molecule has 0 spiro atoms. The Morgan fingerprint density at radius 3 is 2.52 bits per heavy atom. The van der Waals surface area contributed by atoms with E-state index in [0.29, 0.717) is 11.5 Å². The maximum absolute atomic E-state index is 12.6. The second kappa shape index (κ2) is 9.71. The molecule has 2 aliphatic heterocycles. The Kier molecular flexibility index (Phi) is 7.24. The van der Waals surface area contributed by atoms with Crippen LogP contribution in [0, 0.1) is 0 Å². The Labute approximate surface area is 187 Å². The number of benzene rings is 1. The van der Waals surface area contributed by atoms with Crippen LogP contribution in [0.2, 0.25) is 0 Å². The number of β-lactam (4-membered cyclic amide) rings is 1. The van der Waals surface area contributed by atoms with Crippen molar-refractivity contribution in [2.24, 2.45) is 0 Å². The zero-order chi connectivity index (χ0) is 22.7. The second-order valence-corrected chi connectivity index (χ2v) is 8.48. The molecule has 2 heterocycles. The molecule has 166 valence electrons. The number of nitrogens with zero attached hydrogens (tertiary/aromatic N) is 1. The molecule has 0 aliphatic carbocycles. The number of hydrogen-bond acceptors (Lipinski definition) is 7. The van der Waals surface area contributed by atoms with Crippen molar-refractivity contribution in [1.29, 1.82) is 0 Å². The Bertz CT molecular complexity index is 934. The van der Waals surface area contributed by atoms with E-state index in [1.54, 1.807) is 24.3 Å². The van der Waals surface area contributed by atoms with Gasteiger partial charge >= 0.3 is 11.9 Å². The van der Waals surface area contributed by atoms with E-state index >= 15 is 0 Å². The minimum atomic E-state index is -1.37. The molecular formula is C20H21ClN2O7S. The zero-order valence-corrected chi connectivity index (χ0v) is 18.1. The molecule has 3 rings (SSSR count). The summed E-state index contributed by atoms with van der Waals surface area (Å²) in [5.41, 5.74) is 1.72. The number of aliphatic hydroxyl groups excluding tert-OH is 1. The highest BCUT2D eigenvalue weighted by Crippen LogP contribution is 2.40. The number of aliphatic carboxylic acids is 1. The topological polar surface area (TPSA) is 133 Å². The first-order chi connectivity index (χ1) is 14.7. The molecule has 1 fully saturated rings. The van der Waals surface area contributed by atoms with Crippen molar-refractivity contribution in [2.45, 2.75) is 36.7 Å². The SMILES string of the molecule is CC(=O)OCC1=C(C(=O)O)N2C(=O)C(NC(=O)C(O)Cc3ccc(CCl)cc3)C2SC1. The van der Waals surface area contributed by atoms with Gasteiger partial charge in [0.25, 0.3) is 5.91 Å². The molecule has 2 aliphatic rings. The molecule has 0 bridgehead atoms. The van der Waals surface area contributed by atoms with E-state index in [0.717, 1.165) is 16.0 Å². The van der Waals surface area contributed by atoms with Gasteiger partial charge in [0.15, 0.2) is 0 Å². The highest BCUT2D eigenvalue weighted by atomic mass is 35.5. The number of esters is 1. The number of carboxylic acids is 1. The van der Waals surface area contributed by atoms with Crippen LogP contribution in [0.15, 0.2) is 35.5 Å². The van der Waals surface area contributed by atoms with E-state index in [1.807, 2.05) is 0 Å². The summed E-state index contributed by atoms with van der Waals surface area (Å²) in [5, 5.41) is 21.7. The molecule has 3 N–H and O–H groups in total.